The van der Waals surface area contributed by atoms with Gasteiger partial charge in [-0.05, 0) is 19.1 Å². The van der Waals surface area contributed by atoms with Gasteiger partial charge in [0.25, 0.3) is 0 Å². The summed E-state index contributed by atoms with van der Waals surface area (Å²) in [4.78, 5) is 11.7. The normalized spacial score (nSPS) is 12.2. The van der Waals surface area contributed by atoms with Crippen molar-refractivity contribution >= 4 is 23.3 Å². The van der Waals surface area contributed by atoms with Gasteiger partial charge in [-0.15, -0.1) is 0 Å². The average Bonchev–Trinajstić information content (AvgIpc) is 2.17. The smallest absolute Gasteiger partial charge is 0.342 e. The molecule has 1 rings (SSSR count). The van der Waals surface area contributed by atoms with Crippen molar-refractivity contribution in [2.75, 3.05) is 19.5 Å². The van der Waals surface area contributed by atoms with Gasteiger partial charge in [0.05, 0.1) is 11.6 Å². The topological polar surface area (TPSA) is 61.5 Å². The summed E-state index contributed by atoms with van der Waals surface area (Å²) in [5, 5.41) is 0.287. The van der Waals surface area contributed by atoms with E-state index in [0.29, 0.717) is 12.3 Å². The molecule has 0 aromatic heterocycles. The van der Waals surface area contributed by atoms with Crippen molar-refractivity contribution in [3.63, 3.8) is 0 Å². The molecule has 1 unspecified atom stereocenters. The Morgan fingerprint density at radius 3 is 2.81 bits per heavy atom. The Kier molecular flexibility index (Phi) is 4.58. The first kappa shape index (κ1) is 12.8. The molecular weight excluding hydrogens is 230 g/mol. The van der Waals surface area contributed by atoms with E-state index < -0.39 is 5.97 Å². The van der Waals surface area contributed by atoms with Gasteiger partial charge >= 0.3 is 5.97 Å². The second kappa shape index (κ2) is 5.72. The standard InChI is InChI=1S/C11H14ClNO3/c1-7(6-15-2)16-11(14)10-8(12)4-3-5-9(10)13/h3-5,7H,6,13H2,1-2H3. The van der Waals surface area contributed by atoms with Crippen LogP contribution in [0.3, 0.4) is 0 Å². The van der Waals surface area contributed by atoms with Gasteiger partial charge in [-0.25, -0.2) is 4.79 Å². The van der Waals surface area contributed by atoms with Crippen LogP contribution in [-0.4, -0.2) is 25.8 Å². The molecule has 0 fully saturated rings. The van der Waals surface area contributed by atoms with Crippen LogP contribution in [0, 0.1) is 0 Å². The highest BCUT2D eigenvalue weighted by molar-refractivity contribution is 6.34. The number of carbonyl (C=O) groups is 1. The predicted octanol–water partition coefficient (Wildman–Crippen LogP) is 2.11. The summed E-state index contributed by atoms with van der Waals surface area (Å²) in [7, 11) is 1.54. The molecule has 1 aromatic carbocycles. The molecule has 2 N–H and O–H groups in total. The minimum absolute atomic E-state index is 0.201. The van der Waals surface area contributed by atoms with E-state index in [2.05, 4.69) is 0 Å². The number of nitrogens with two attached hydrogens (primary N) is 1. The van der Waals surface area contributed by atoms with Crippen molar-refractivity contribution in [3.8, 4) is 0 Å². The van der Waals surface area contributed by atoms with Crippen LogP contribution in [0.15, 0.2) is 18.2 Å². The van der Waals surface area contributed by atoms with E-state index in [1.807, 2.05) is 0 Å². The molecule has 88 valence electrons. The Labute approximate surface area is 99.3 Å². The summed E-state index contributed by atoms with van der Waals surface area (Å²) >= 11 is 5.87. The molecule has 0 saturated heterocycles. The van der Waals surface area contributed by atoms with Crippen LogP contribution in [0.2, 0.25) is 5.02 Å². The zero-order chi connectivity index (χ0) is 12.1. The Bertz CT molecular complexity index is 361. The van der Waals surface area contributed by atoms with Gasteiger partial charge in [-0.1, -0.05) is 17.7 Å². The van der Waals surface area contributed by atoms with Crippen molar-refractivity contribution in [3.05, 3.63) is 28.8 Å². The van der Waals surface area contributed by atoms with Crippen LogP contribution in [0.5, 0.6) is 0 Å². The molecule has 0 aliphatic carbocycles. The maximum absolute atomic E-state index is 11.7. The minimum atomic E-state index is -0.535. The third-order valence-electron chi connectivity index (χ3n) is 1.96. The number of halogens is 1. The molecule has 16 heavy (non-hydrogen) atoms. The summed E-state index contributed by atoms with van der Waals surface area (Å²) < 4.78 is 9.97. The molecule has 1 atom stereocenters. The first-order valence-corrected chi connectivity index (χ1v) is 5.18. The van der Waals surface area contributed by atoms with Crippen LogP contribution in [0.1, 0.15) is 17.3 Å². The highest BCUT2D eigenvalue weighted by Crippen LogP contribution is 2.23. The molecule has 0 aliphatic heterocycles. The number of rotatable bonds is 4. The zero-order valence-electron chi connectivity index (χ0n) is 9.20. The highest BCUT2D eigenvalue weighted by Gasteiger charge is 2.17. The van der Waals surface area contributed by atoms with E-state index in [1.54, 1.807) is 25.1 Å². The van der Waals surface area contributed by atoms with Gasteiger partial charge in [-0.3, -0.25) is 0 Å². The van der Waals surface area contributed by atoms with Gasteiger partial charge in [0.2, 0.25) is 0 Å². The van der Waals surface area contributed by atoms with E-state index in [9.17, 15) is 4.79 Å². The average molecular weight is 244 g/mol. The van der Waals surface area contributed by atoms with Crippen molar-refractivity contribution in [1.82, 2.24) is 0 Å². The molecule has 1 aromatic rings. The maximum Gasteiger partial charge on any atom is 0.342 e. The van der Waals surface area contributed by atoms with E-state index in [1.165, 1.54) is 7.11 Å². The first-order chi connectivity index (χ1) is 7.56. The monoisotopic (exact) mass is 243 g/mol. The molecule has 0 radical (unpaired) electrons. The molecular formula is C11H14ClNO3. The van der Waals surface area contributed by atoms with Crippen LogP contribution < -0.4 is 5.73 Å². The summed E-state index contributed by atoms with van der Waals surface area (Å²) in [5.74, 6) is -0.535. The minimum Gasteiger partial charge on any atom is -0.457 e. The third kappa shape index (κ3) is 3.12. The van der Waals surface area contributed by atoms with Gasteiger partial charge in [0, 0.05) is 12.8 Å². The molecule has 0 aliphatic rings. The lowest BCUT2D eigenvalue weighted by Gasteiger charge is -2.13. The summed E-state index contributed by atoms with van der Waals surface area (Å²) in [6, 6.07) is 4.87. The van der Waals surface area contributed by atoms with E-state index in [-0.39, 0.29) is 16.7 Å². The fraction of sp³-hybridized carbons (Fsp3) is 0.364. The number of benzene rings is 1. The van der Waals surface area contributed by atoms with Crippen LogP contribution in [0.4, 0.5) is 5.69 Å². The predicted molar refractivity (Wildman–Crippen MR) is 62.6 cm³/mol. The number of carbonyl (C=O) groups excluding carboxylic acids is 1. The highest BCUT2D eigenvalue weighted by atomic mass is 35.5. The van der Waals surface area contributed by atoms with E-state index in [4.69, 9.17) is 26.8 Å². The molecule has 5 heteroatoms. The van der Waals surface area contributed by atoms with Crippen LogP contribution in [0.25, 0.3) is 0 Å². The quantitative estimate of drug-likeness (QED) is 0.650. The number of hydrogen-bond acceptors (Lipinski definition) is 4. The van der Waals surface area contributed by atoms with Crippen LogP contribution in [-0.2, 0) is 9.47 Å². The molecule has 0 heterocycles. The Morgan fingerprint density at radius 1 is 1.56 bits per heavy atom. The molecule has 0 bridgehead atoms. The molecule has 0 saturated carbocycles. The lowest BCUT2D eigenvalue weighted by Crippen LogP contribution is -2.20. The largest absolute Gasteiger partial charge is 0.457 e. The van der Waals surface area contributed by atoms with E-state index in [0.717, 1.165) is 0 Å². The number of methoxy groups -OCH3 is 1. The Morgan fingerprint density at radius 2 is 2.25 bits per heavy atom. The van der Waals surface area contributed by atoms with Gasteiger partial charge in [0.15, 0.2) is 0 Å². The fourth-order valence-electron chi connectivity index (χ4n) is 1.27. The molecule has 4 nitrogen and oxygen atoms in total. The number of ether oxygens (including phenoxy) is 2. The lowest BCUT2D eigenvalue weighted by molar-refractivity contribution is 0.0121. The Balaban J connectivity index is 2.80. The number of anilines is 1. The van der Waals surface area contributed by atoms with Crippen molar-refractivity contribution < 1.29 is 14.3 Å². The van der Waals surface area contributed by atoms with Crippen LogP contribution >= 0.6 is 11.6 Å². The number of nitrogen functional groups attached to an aromatic ring is 1. The third-order valence-corrected chi connectivity index (χ3v) is 2.27. The SMILES string of the molecule is COCC(C)OC(=O)c1c(N)cccc1Cl. The zero-order valence-corrected chi connectivity index (χ0v) is 9.95. The number of hydrogen-bond donors (Lipinski definition) is 1. The summed E-state index contributed by atoms with van der Waals surface area (Å²) in [6.07, 6.45) is -0.340. The van der Waals surface area contributed by atoms with Gasteiger partial charge in [0.1, 0.15) is 11.7 Å². The van der Waals surface area contributed by atoms with Crippen molar-refractivity contribution in [2.45, 2.75) is 13.0 Å². The van der Waals surface area contributed by atoms with Crippen molar-refractivity contribution in [1.29, 1.82) is 0 Å². The summed E-state index contributed by atoms with van der Waals surface area (Å²) in [5.41, 5.74) is 6.16. The van der Waals surface area contributed by atoms with Gasteiger partial charge < -0.3 is 15.2 Å². The van der Waals surface area contributed by atoms with Gasteiger partial charge in [-0.2, -0.15) is 0 Å². The van der Waals surface area contributed by atoms with E-state index >= 15 is 0 Å². The summed E-state index contributed by atoms with van der Waals surface area (Å²) in [6.45, 7) is 2.06. The maximum atomic E-state index is 11.7. The first-order valence-electron chi connectivity index (χ1n) is 4.80. The fourth-order valence-corrected chi connectivity index (χ4v) is 1.53. The second-order valence-corrected chi connectivity index (χ2v) is 3.78. The van der Waals surface area contributed by atoms with Crippen molar-refractivity contribution in [2.24, 2.45) is 0 Å². The molecule has 0 amide bonds. The number of esters is 1. The molecule has 0 spiro atoms. The lowest BCUT2D eigenvalue weighted by atomic mass is 10.2. The second-order valence-electron chi connectivity index (χ2n) is 3.38. The Hall–Kier alpha value is -1.26.